The number of hydrogen-bond donors (Lipinski definition) is 2. The van der Waals surface area contributed by atoms with Gasteiger partial charge in [-0.2, -0.15) is 0 Å². The molecule has 1 rings (SSSR count). The number of esters is 1. The second kappa shape index (κ2) is 6.42. The summed E-state index contributed by atoms with van der Waals surface area (Å²) < 4.78 is 45.2. The zero-order chi connectivity index (χ0) is 15.3. The van der Waals surface area contributed by atoms with Gasteiger partial charge in [-0.05, 0) is 6.92 Å². The second-order valence-corrected chi connectivity index (χ2v) is 3.70. The Morgan fingerprint density at radius 3 is 2.60 bits per heavy atom. The van der Waals surface area contributed by atoms with E-state index in [1.807, 2.05) is 0 Å². The quantitative estimate of drug-likeness (QED) is 0.785. The molecule has 9 heteroatoms. The van der Waals surface area contributed by atoms with Crippen LogP contribution in [-0.2, 0) is 22.5 Å². The molecule has 0 aliphatic carbocycles. The zero-order valence-electron chi connectivity index (χ0n) is 10.5. The number of nitrogens with two attached hydrogens (primary N) is 1. The molecule has 0 spiro atoms. The Hall–Kier alpha value is -2.03. The van der Waals surface area contributed by atoms with Gasteiger partial charge in [0, 0.05) is 18.3 Å². The van der Waals surface area contributed by atoms with Crippen molar-refractivity contribution in [3.05, 3.63) is 27.5 Å². The lowest BCUT2D eigenvalue weighted by Crippen LogP contribution is -2.25. The number of halogens is 3. The second-order valence-electron chi connectivity index (χ2n) is 3.70. The van der Waals surface area contributed by atoms with Gasteiger partial charge in [0.2, 0.25) is 5.88 Å². The molecule has 3 N–H and O–H groups in total. The standard InChI is InChI=1S/C11H13F3N2O4/c1-2-19-9(18)4-7-8(17)3-6(5-15)16-10(7)20-11(12,13)14/h3H,2,4-5,15H2,1H3,(H,16,17). The molecule has 0 amide bonds. The number of nitrogens with one attached hydrogen (secondary N) is 1. The molecule has 0 unspecified atom stereocenters. The van der Waals surface area contributed by atoms with Gasteiger partial charge in [0.05, 0.1) is 18.6 Å². The van der Waals surface area contributed by atoms with E-state index in [0.717, 1.165) is 6.07 Å². The fourth-order valence-electron chi connectivity index (χ4n) is 1.45. The van der Waals surface area contributed by atoms with Crippen LogP contribution in [0.3, 0.4) is 0 Å². The lowest BCUT2D eigenvalue weighted by molar-refractivity contribution is -0.276. The molecule has 0 saturated carbocycles. The SMILES string of the molecule is CCOC(=O)Cc1c(OC(F)(F)F)[nH]c(CN)cc1=O. The van der Waals surface area contributed by atoms with Crippen molar-refractivity contribution in [3.8, 4) is 5.88 Å². The summed E-state index contributed by atoms with van der Waals surface area (Å²) in [5.74, 6) is -1.68. The maximum absolute atomic E-state index is 12.3. The highest BCUT2D eigenvalue weighted by Gasteiger charge is 2.33. The fourth-order valence-corrected chi connectivity index (χ4v) is 1.45. The number of aromatic nitrogens is 1. The molecule has 0 atom stereocenters. The van der Waals surface area contributed by atoms with E-state index in [0.29, 0.717) is 0 Å². The van der Waals surface area contributed by atoms with E-state index in [2.05, 4.69) is 14.5 Å². The van der Waals surface area contributed by atoms with E-state index in [9.17, 15) is 22.8 Å². The molecular weight excluding hydrogens is 281 g/mol. The van der Waals surface area contributed by atoms with E-state index >= 15 is 0 Å². The number of H-pyrrole nitrogens is 1. The highest BCUT2D eigenvalue weighted by Crippen LogP contribution is 2.23. The van der Waals surface area contributed by atoms with Crippen molar-refractivity contribution < 1.29 is 27.4 Å². The number of alkyl halides is 3. The maximum Gasteiger partial charge on any atom is 0.574 e. The lowest BCUT2D eigenvalue weighted by Gasteiger charge is -2.13. The topological polar surface area (TPSA) is 94.4 Å². The number of ether oxygens (including phenoxy) is 2. The average Bonchev–Trinajstić information content (AvgIpc) is 2.31. The minimum Gasteiger partial charge on any atom is -0.466 e. The summed E-state index contributed by atoms with van der Waals surface area (Å²) >= 11 is 0. The Kier molecular flexibility index (Phi) is 5.14. The third kappa shape index (κ3) is 4.57. The number of carbonyl (C=O) groups is 1. The van der Waals surface area contributed by atoms with Crippen molar-refractivity contribution in [3.63, 3.8) is 0 Å². The van der Waals surface area contributed by atoms with E-state index in [1.165, 1.54) is 6.92 Å². The highest BCUT2D eigenvalue weighted by atomic mass is 19.4. The van der Waals surface area contributed by atoms with Crippen LogP contribution in [0.1, 0.15) is 18.2 Å². The molecule has 1 aromatic heterocycles. The van der Waals surface area contributed by atoms with Crippen LogP contribution in [-0.4, -0.2) is 23.9 Å². The number of aromatic amines is 1. The summed E-state index contributed by atoms with van der Waals surface area (Å²) in [6.45, 7) is 1.41. The van der Waals surface area contributed by atoms with Gasteiger partial charge in [0.15, 0.2) is 5.43 Å². The van der Waals surface area contributed by atoms with Gasteiger partial charge in [-0.15, -0.1) is 13.2 Å². The number of carbonyl (C=O) groups excluding carboxylic acids is 1. The molecule has 0 saturated heterocycles. The van der Waals surface area contributed by atoms with E-state index < -0.39 is 35.6 Å². The Morgan fingerprint density at radius 2 is 2.10 bits per heavy atom. The molecular formula is C11H13F3N2O4. The monoisotopic (exact) mass is 294 g/mol. The van der Waals surface area contributed by atoms with Crippen molar-refractivity contribution in [1.29, 1.82) is 0 Å². The van der Waals surface area contributed by atoms with E-state index in [4.69, 9.17) is 5.73 Å². The average molecular weight is 294 g/mol. The normalized spacial score (nSPS) is 11.2. The molecule has 1 heterocycles. The Labute approximate surface area is 111 Å². The van der Waals surface area contributed by atoms with Crippen LogP contribution >= 0.6 is 0 Å². The predicted molar refractivity (Wildman–Crippen MR) is 62.0 cm³/mol. The fraction of sp³-hybridized carbons (Fsp3) is 0.455. The summed E-state index contributed by atoms with van der Waals surface area (Å²) in [7, 11) is 0. The first-order chi connectivity index (χ1) is 9.26. The first-order valence-corrected chi connectivity index (χ1v) is 5.63. The van der Waals surface area contributed by atoms with Crippen LogP contribution in [0.2, 0.25) is 0 Å². The van der Waals surface area contributed by atoms with Gasteiger partial charge in [0.25, 0.3) is 0 Å². The van der Waals surface area contributed by atoms with E-state index in [-0.39, 0.29) is 18.8 Å². The molecule has 20 heavy (non-hydrogen) atoms. The van der Waals surface area contributed by atoms with Gasteiger partial charge in [-0.1, -0.05) is 0 Å². The number of pyridine rings is 1. The molecule has 0 aliphatic rings. The molecule has 1 aromatic rings. The zero-order valence-corrected chi connectivity index (χ0v) is 10.5. The van der Waals surface area contributed by atoms with Crippen molar-refractivity contribution >= 4 is 5.97 Å². The van der Waals surface area contributed by atoms with E-state index in [1.54, 1.807) is 0 Å². The van der Waals surface area contributed by atoms with Crippen LogP contribution < -0.4 is 15.9 Å². The third-order valence-electron chi connectivity index (χ3n) is 2.22. The smallest absolute Gasteiger partial charge is 0.466 e. The van der Waals surface area contributed by atoms with Crippen LogP contribution in [0.4, 0.5) is 13.2 Å². The number of hydrogen-bond acceptors (Lipinski definition) is 5. The summed E-state index contributed by atoms with van der Waals surface area (Å²) in [6, 6.07) is 1.01. The number of rotatable bonds is 5. The van der Waals surface area contributed by atoms with Gasteiger partial charge in [0.1, 0.15) is 0 Å². The van der Waals surface area contributed by atoms with Crippen molar-refractivity contribution in [1.82, 2.24) is 4.98 Å². The first kappa shape index (κ1) is 16.0. The maximum atomic E-state index is 12.3. The van der Waals surface area contributed by atoms with Crippen LogP contribution in [0.15, 0.2) is 10.9 Å². The Bertz CT molecular complexity index is 539. The minimum absolute atomic E-state index is 0.0487. The van der Waals surface area contributed by atoms with Crippen LogP contribution in [0.5, 0.6) is 5.88 Å². The van der Waals surface area contributed by atoms with Gasteiger partial charge >= 0.3 is 12.3 Å². The summed E-state index contributed by atoms with van der Waals surface area (Å²) in [5.41, 5.74) is 4.07. The van der Waals surface area contributed by atoms with Crippen molar-refractivity contribution in [2.45, 2.75) is 26.3 Å². The van der Waals surface area contributed by atoms with Crippen molar-refractivity contribution in [2.75, 3.05) is 6.61 Å². The minimum atomic E-state index is -5.00. The van der Waals surface area contributed by atoms with Crippen molar-refractivity contribution in [2.24, 2.45) is 5.73 Å². The van der Waals surface area contributed by atoms with Gasteiger partial charge in [-0.25, -0.2) is 0 Å². The highest BCUT2D eigenvalue weighted by molar-refractivity contribution is 5.73. The predicted octanol–water partition coefficient (Wildman–Crippen LogP) is 0.838. The Balaban J connectivity index is 3.19. The molecule has 0 bridgehead atoms. The van der Waals surface area contributed by atoms with Gasteiger partial charge < -0.3 is 20.2 Å². The molecule has 0 fully saturated rings. The largest absolute Gasteiger partial charge is 0.574 e. The summed E-state index contributed by atoms with van der Waals surface area (Å²) in [4.78, 5) is 25.2. The molecule has 6 nitrogen and oxygen atoms in total. The molecule has 0 radical (unpaired) electrons. The molecule has 0 aromatic carbocycles. The molecule has 0 aliphatic heterocycles. The van der Waals surface area contributed by atoms with Crippen LogP contribution in [0, 0.1) is 0 Å². The molecule has 112 valence electrons. The van der Waals surface area contributed by atoms with Gasteiger partial charge in [-0.3, -0.25) is 9.59 Å². The summed E-state index contributed by atoms with van der Waals surface area (Å²) in [5, 5.41) is 0. The Morgan fingerprint density at radius 1 is 1.45 bits per heavy atom. The summed E-state index contributed by atoms with van der Waals surface area (Å²) in [6.07, 6.45) is -5.63. The first-order valence-electron chi connectivity index (χ1n) is 5.63. The third-order valence-corrected chi connectivity index (χ3v) is 2.22. The lowest BCUT2D eigenvalue weighted by atomic mass is 10.1. The van der Waals surface area contributed by atoms with Crippen LogP contribution in [0.25, 0.3) is 0 Å².